The third-order valence-corrected chi connectivity index (χ3v) is 3.15. The second-order valence-electron chi connectivity index (χ2n) is 4.77. The van der Waals surface area contributed by atoms with E-state index in [9.17, 15) is 4.79 Å². The molecule has 2 rings (SSSR count). The smallest absolute Gasteiger partial charge is 0.239 e. The van der Waals surface area contributed by atoms with Gasteiger partial charge in [0.15, 0.2) is 0 Å². The minimum atomic E-state index is -0.412. The molecule has 1 amide bonds. The highest BCUT2D eigenvalue weighted by Crippen LogP contribution is 2.24. The Morgan fingerprint density at radius 3 is 2.59 bits per heavy atom. The molecule has 2 aromatic rings. The number of nitriles is 1. The molecule has 0 radical (unpaired) electrons. The molecule has 0 spiro atoms. The summed E-state index contributed by atoms with van der Waals surface area (Å²) < 4.78 is 5.73. The Hall–Kier alpha value is -3.00. The second-order valence-corrected chi connectivity index (χ2v) is 4.77. The average Bonchev–Trinajstić information content (AvgIpc) is 2.53. The number of carbonyl (C=O) groups is 1. The van der Waals surface area contributed by atoms with E-state index in [0.717, 1.165) is 5.69 Å². The summed E-state index contributed by atoms with van der Waals surface area (Å²) >= 11 is 0. The molecule has 0 saturated heterocycles. The van der Waals surface area contributed by atoms with Crippen LogP contribution in [0.1, 0.15) is 18.9 Å². The van der Waals surface area contributed by atoms with Crippen LogP contribution < -0.4 is 15.8 Å². The van der Waals surface area contributed by atoms with E-state index in [0.29, 0.717) is 23.5 Å². The maximum absolute atomic E-state index is 11.3. The lowest BCUT2D eigenvalue weighted by molar-refractivity contribution is -0.118. The number of nitrogens with one attached hydrogen (secondary N) is 1. The first-order valence-corrected chi connectivity index (χ1v) is 6.96. The number of primary amides is 1. The molecule has 112 valence electrons. The third-order valence-electron chi connectivity index (χ3n) is 3.15. The van der Waals surface area contributed by atoms with E-state index in [1.165, 1.54) is 0 Å². The van der Waals surface area contributed by atoms with Crippen LogP contribution in [0.4, 0.5) is 5.69 Å². The first-order valence-electron chi connectivity index (χ1n) is 6.96. The minimum Gasteiger partial charge on any atom is -0.457 e. The fourth-order valence-electron chi connectivity index (χ4n) is 1.96. The fourth-order valence-corrected chi connectivity index (χ4v) is 1.96. The van der Waals surface area contributed by atoms with Gasteiger partial charge in [0.2, 0.25) is 5.91 Å². The van der Waals surface area contributed by atoms with Crippen molar-refractivity contribution in [1.29, 1.82) is 5.26 Å². The summed E-state index contributed by atoms with van der Waals surface area (Å²) in [4.78, 5) is 11.3. The van der Waals surface area contributed by atoms with Gasteiger partial charge < -0.3 is 15.8 Å². The summed E-state index contributed by atoms with van der Waals surface area (Å²) in [7, 11) is 0. The van der Waals surface area contributed by atoms with Crippen molar-refractivity contribution >= 4 is 11.6 Å². The van der Waals surface area contributed by atoms with Gasteiger partial charge in [-0.25, -0.2) is 0 Å². The molecule has 0 bridgehead atoms. The SMILES string of the molecule is CC[C@H](Nc1cccc(Oc2ccc(C#N)cc2)c1)C(N)=O. The van der Waals surface area contributed by atoms with Crippen LogP contribution in [0.15, 0.2) is 48.5 Å². The normalized spacial score (nSPS) is 11.3. The molecule has 3 N–H and O–H groups in total. The number of rotatable bonds is 6. The minimum absolute atomic E-state index is 0.388. The summed E-state index contributed by atoms with van der Waals surface area (Å²) in [5.74, 6) is 0.882. The molecule has 2 aromatic carbocycles. The quantitative estimate of drug-likeness (QED) is 0.857. The van der Waals surface area contributed by atoms with Crippen LogP contribution in [0.2, 0.25) is 0 Å². The largest absolute Gasteiger partial charge is 0.457 e. The lowest BCUT2D eigenvalue weighted by Gasteiger charge is -2.15. The summed E-state index contributed by atoms with van der Waals surface area (Å²) in [6.45, 7) is 1.89. The first kappa shape index (κ1) is 15.4. The Morgan fingerprint density at radius 2 is 2.00 bits per heavy atom. The molecule has 0 aliphatic carbocycles. The molecule has 0 fully saturated rings. The van der Waals surface area contributed by atoms with Gasteiger partial charge in [0.1, 0.15) is 17.5 Å². The summed E-state index contributed by atoms with van der Waals surface area (Å²) in [6, 6.07) is 15.8. The molecule has 0 saturated carbocycles. The molecule has 1 atom stereocenters. The topological polar surface area (TPSA) is 88.1 Å². The highest BCUT2D eigenvalue weighted by molar-refractivity contribution is 5.82. The summed E-state index contributed by atoms with van der Waals surface area (Å²) in [5, 5.41) is 11.8. The molecule has 5 nitrogen and oxygen atoms in total. The molecule has 0 unspecified atom stereocenters. The van der Waals surface area contributed by atoms with Crippen LogP contribution in [0, 0.1) is 11.3 Å². The van der Waals surface area contributed by atoms with Crippen molar-refractivity contribution in [2.24, 2.45) is 5.73 Å². The maximum Gasteiger partial charge on any atom is 0.239 e. The van der Waals surface area contributed by atoms with Gasteiger partial charge in [-0.2, -0.15) is 5.26 Å². The molecule has 0 aliphatic rings. The Balaban J connectivity index is 2.10. The standard InChI is InChI=1S/C17H17N3O2/c1-2-16(17(19)21)20-13-4-3-5-15(10-13)22-14-8-6-12(11-18)7-9-14/h3-10,16,20H,2H2,1H3,(H2,19,21)/t16-/m0/s1. The highest BCUT2D eigenvalue weighted by atomic mass is 16.5. The summed E-state index contributed by atoms with van der Waals surface area (Å²) in [5.41, 5.74) is 6.66. The first-order chi connectivity index (χ1) is 10.6. The van der Waals surface area contributed by atoms with Crippen molar-refractivity contribution in [1.82, 2.24) is 0 Å². The van der Waals surface area contributed by atoms with Crippen molar-refractivity contribution in [3.8, 4) is 17.6 Å². The summed E-state index contributed by atoms with van der Waals surface area (Å²) in [6.07, 6.45) is 0.607. The Labute approximate surface area is 129 Å². The number of hydrogen-bond donors (Lipinski definition) is 2. The van der Waals surface area contributed by atoms with E-state index in [1.54, 1.807) is 30.3 Å². The lowest BCUT2D eigenvalue weighted by atomic mass is 10.2. The van der Waals surface area contributed by atoms with E-state index in [2.05, 4.69) is 11.4 Å². The van der Waals surface area contributed by atoms with Gasteiger partial charge in [-0.1, -0.05) is 13.0 Å². The Kier molecular flexibility index (Phi) is 4.99. The number of nitrogens with zero attached hydrogens (tertiary/aromatic N) is 1. The maximum atomic E-state index is 11.3. The molecular weight excluding hydrogens is 278 g/mol. The molecule has 0 aliphatic heterocycles. The number of ether oxygens (including phenoxy) is 1. The van der Waals surface area contributed by atoms with Crippen molar-refractivity contribution in [3.05, 3.63) is 54.1 Å². The second kappa shape index (κ2) is 7.14. The lowest BCUT2D eigenvalue weighted by Crippen LogP contribution is -2.34. The average molecular weight is 295 g/mol. The number of nitrogens with two attached hydrogens (primary N) is 1. The van der Waals surface area contributed by atoms with Crippen LogP contribution >= 0.6 is 0 Å². The predicted molar refractivity (Wildman–Crippen MR) is 84.6 cm³/mol. The van der Waals surface area contributed by atoms with Crippen LogP contribution in [-0.4, -0.2) is 11.9 Å². The predicted octanol–water partition coefficient (Wildman–Crippen LogP) is 3.03. The zero-order chi connectivity index (χ0) is 15.9. The van der Waals surface area contributed by atoms with Gasteiger partial charge in [-0.3, -0.25) is 4.79 Å². The fraction of sp³-hybridized carbons (Fsp3) is 0.176. The van der Waals surface area contributed by atoms with Crippen molar-refractivity contribution in [2.45, 2.75) is 19.4 Å². The van der Waals surface area contributed by atoms with Crippen LogP contribution in [-0.2, 0) is 4.79 Å². The molecule has 22 heavy (non-hydrogen) atoms. The highest BCUT2D eigenvalue weighted by Gasteiger charge is 2.12. The number of hydrogen-bond acceptors (Lipinski definition) is 4. The van der Waals surface area contributed by atoms with E-state index in [4.69, 9.17) is 15.7 Å². The third kappa shape index (κ3) is 4.00. The molecule has 0 aromatic heterocycles. The van der Waals surface area contributed by atoms with Crippen molar-refractivity contribution in [2.75, 3.05) is 5.32 Å². The van der Waals surface area contributed by atoms with Crippen LogP contribution in [0.25, 0.3) is 0 Å². The van der Waals surface area contributed by atoms with Crippen LogP contribution in [0.3, 0.4) is 0 Å². The van der Waals surface area contributed by atoms with Gasteiger partial charge in [0, 0.05) is 11.8 Å². The zero-order valence-electron chi connectivity index (χ0n) is 12.2. The monoisotopic (exact) mass is 295 g/mol. The number of benzene rings is 2. The van der Waals surface area contributed by atoms with Gasteiger partial charge >= 0.3 is 0 Å². The van der Waals surface area contributed by atoms with E-state index in [1.807, 2.05) is 25.1 Å². The Morgan fingerprint density at radius 1 is 1.27 bits per heavy atom. The molecular formula is C17H17N3O2. The number of anilines is 1. The van der Waals surface area contributed by atoms with Crippen LogP contribution in [0.5, 0.6) is 11.5 Å². The number of carbonyl (C=O) groups excluding carboxylic acids is 1. The van der Waals surface area contributed by atoms with Gasteiger partial charge in [0.25, 0.3) is 0 Å². The van der Waals surface area contributed by atoms with E-state index in [-0.39, 0.29) is 5.91 Å². The van der Waals surface area contributed by atoms with E-state index >= 15 is 0 Å². The van der Waals surface area contributed by atoms with E-state index < -0.39 is 6.04 Å². The number of amides is 1. The van der Waals surface area contributed by atoms with Gasteiger partial charge in [0.05, 0.1) is 11.6 Å². The van der Waals surface area contributed by atoms with Gasteiger partial charge in [-0.15, -0.1) is 0 Å². The van der Waals surface area contributed by atoms with Gasteiger partial charge in [-0.05, 0) is 42.8 Å². The van der Waals surface area contributed by atoms with Crippen molar-refractivity contribution < 1.29 is 9.53 Å². The Bertz CT molecular complexity index is 690. The zero-order valence-corrected chi connectivity index (χ0v) is 12.2. The van der Waals surface area contributed by atoms with Crippen molar-refractivity contribution in [3.63, 3.8) is 0 Å². The molecule has 0 heterocycles. The molecule has 5 heteroatoms.